The summed E-state index contributed by atoms with van der Waals surface area (Å²) in [5.74, 6) is 0.467. The Balaban J connectivity index is 1.52. The van der Waals surface area contributed by atoms with Gasteiger partial charge in [-0.05, 0) is 95.8 Å². The van der Waals surface area contributed by atoms with Crippen LogP contribution in [0.5, 0.6) is 0 Å². The van der Waals surface area contributed by atoms with Gasteiger partial charge in [-0.1, -0.05) is 17.3 Å². The Bertz CT molecular complexity index is 1350. The van der Waals surface area contributed by atoms with Crippen molar-refractivity contribution in [2.75, 3.05) is 24.7 Å². The third-order valence-corrected chi connectivity index (χ3v) is 6.35. The molecule has 0 bridgehead atoms. The second kappa shape index (κ2) is 12.3. The largest absolute Gasteiger partial charge is 0.458 e. The van der Waals surface area contributed by atoms with Crippen LogP contribution in [0.15, 0.2) is 65.7 Å². The Kier molecular flexibility index (Phi) is 8.86. The van der Waals surface area contributed by atoms with Crippen LogP contribution < -0.4 is 4.90 Å². The summed E-state index contributed by atoms with van der Waals surface area (Å²) in [7, 11) is 0. The number of hydrogen-bond acceptors (Lipinski definition) is 7. The first-order valence-corrected chi connectivity index (χ1v) is 13.3. The second-order valence-electron chi connectivity index (χ2n) is 10.7. The fraction of sp³-hybridized carbons (Fsp3) is 0.387. The van der Waals surface area contributed by atoms with Gasteiger partial charge in [0.25, 0.3) is 0 Å². The number of carbonyl (C=O) groups is 1. The van der Waals surface area contributed by atoms with Crippen molar-refractivity contribution in [2.45, 2.75) is 60.0 Å². The number of carbonyl (C=O) groups excluding carboxylic acids is 1. The van der Waals surface area contributed by atoms with E-state index in [0.29, 0.717) is 6.61 Å². The zero-order valence-electron chi connectivity index (χ0n) is 23.7. The predicted octanol–water partition coefficient (Wildman–Crippen LogP) is 6.73. The molecular weight excluding hydrogens is 492 g/mol. The molecular formula is C31H38N4O4. The third kappa shape index (κ3) is 7.35. The van der Waals surface area contributed by atoms with Crippen molar-refractivity contribution >= 4 is 17.3 Å². The summed E-state index contributed by atoms with van der Waals surface area (Å²) in [4.78, 5) is 18.4. The highest BCUT2D eigenvalue weighted by Gasteiger charge is 2.18. The quantitative estimate of drug-likeness (QED) is 0.157. The van der Waals surface area contributed by atoms with Crippen molar-refractivity contribution in [3.8, 4) is 16.8 Å². The number of aromatic nitrogens is 3. The number of esters is 1. The Hall–Kier alpha value is -3.91. The molecule has 0 saturated carbocycles. The molecule has 2 heterocycles. The maximum absolute atomic E-state index is 11.9. The van der Waals surface area contributed by atoms with E-state index in [9.17, 15) is 4.79 Å². The minimum Gasteiger partial charge on any atom is -0.458 e. The Morgan fingerprint density at radius 3 is 2.46 bits per heavy atom. The van der Waals surface area contributed by atoms with Crippen molar-refractivity contribution in [2.24, 2.45) is 0 Å². The molecule has 0 unspecified atom stereocenters. The lowest BCUT2D eigenvalue weighted by Crippen LogP contribution is -2.26. The summed E-state index contributed by atoms with van der Waals surface area (Å²) in [6.45, 7) is 12.8. The zero-order chi connectivity index (χ0) is 28.0. The molecule has 0 aliphatic heterocycles. The highest BCUT2D eigenvalue weighted by molar-refractivity contribution is 5.76. The molecule has 0 atom stereocenters. The van der Waals surface area contributed by atoms with E-state index in [4.69, 9.17) is 14.0 Å². The van der Waals surface area contributed by atoms with Crippen LogP contribution in [0.1, 0.15) is 50.6 Å². The Morgan fingerprint density at radius 2 is 1.82 bits per heavy atom. The second-order valence-corrected chi connectivity index (χ2v) is 10.7. The van der Waals surface area contributed by atoms with E-state index < -0.39 is 5.60 Å². The summed E-state index contributed by atoms with van der Waals surface area (Å²) in [6.07, 6.45) is 7.19. The minimum atomic E-state index is -0.510. The average molecular weight is 531 g/mol. The van der Waals surface area contributed by atoms with Crippen LogP contribution in [-0.4, -0.2) is 46.0 Å². The van der Waals surface area contributed by atoms with E-state index >= 15 is 0 Å². The van der Waals surface area contributed by atoms with Crippen LogP contribution >= 0.6 is 0 Å². The molecule has 2 aromatic carbocycles. The number of unbranched alkanes of at least 4 members (excludes halogenated alkanes) is 1. The van der Waals surface area contributed by atoms with Gasteiger partial charge in [0.2, 0.25) is 0 Å². The fourth-order valence-corrected chi connectivity index (χ4v) is 4.56. The highest BCUT2D eigenvalue weighted by atomic mass is 16.6. The number of benzene rings is 2. The maximum Gasteiger partial charge on any atom is 0.332 e. The molecule has 0 amide bonds. The lowest BCUT2D eigenvalue weighted by Gasteiger charge is -2.28. The van der Waals surface area contributed by atoms with Gasteiger partial charge in [0, 0.05) is 48.2 Å². The monoisotopic (exact) mass is 530 g/mol. The standard InChI is InChI=1S/C31H38N4O4/c1-22-9-10-25(30-23(2)33-39-24(30)3)19-28(22)35(16-7-8-18-37-20-29(36)38-31(4,5)6)27-13-11-26(12-14-27)34-17-15-32-21-34/h9-15,17,19,21H,7-8,16,18,20H2,1-6H3. The highest BCUT2D eigenvalue weighted by Crippen LogP contribution is 2.35. The smallest absolute Gasteiger partial charge is 0.332 e. The van der Waals surface area contributed by atoms with E-state index in [2.05, 4.69) is 64.4 Å². The van der Waals surface area contributed by atoms with E-state index in [1.54, 1.807) is 12.5 Å². The first kappa shape index (κ1) is 28.1. The topological polar surface area (TPSA) is 82.6 Å². The van der Waals surface area contributed by atoms with E-state index in [1.165, 1.54) is 5.56 Å². The molecule has 2 aromatic heterocycles. The molecule has 8 nitrogen and oxygen atoms in total. The normalized spacial score (nSPS) is 11.5. The number of ether oxygens (including phenoxy) is 2. The van der Waals surface area contributed by atoms with Crippen molar-refractivity contribution < 1.29 is 18.8 Å². The molecule has 8 heteroatoms. The summed E-state index contributed by atoms with van der Waals surface area (Å²) in [5.41, 5.74) is 6.91. The van der Waals surface area contributed by atoms with Crippen molar-refractivity contribution in [3.05, 3.63) is 78.2 Å². The van der Waals surface area contributed by atoms with Crippen LogP contribution in [0.4, 0.5) is 11.4 Å². The molecule has 39 heavy (non-hydrogen) atoms. The van der Waals surface area contributed by atoms with Crippen LogP contribution in [0.25, 0.3) is 16.8 Å². The number of imidazole rings is 1. The van der Waals surface area contributed by atoms with Gasteiger partial charge in [-0.2, -0.15) is 0 Å². The molecule has 0 N–H and O–H groups in total. The SMILES string of the molecule is Cc1ccc(-c2c(C)noc2C)cc1N(CCCCOCC(=O)OC(C)(C)C)c1ccc(-n2ccnc2)cc1. The summed E-state index contributed by atoms with van der Waals surface area (Å²) < 4.78 is 18.3. The van der Waals surface area contributed by atoms with E-state index in [1.807, 2.05) is 45.4 Å². The summed E-state index contributed by atoms with van der Waals surface area (Å²) in [5, 5.41) is 4.15. The molecule has 0 saturated heterocycles. The lowest BCUT2D eigenvalue weighted by molar-refractivity contribution is -0.160. The van der Waals surface area contributed by atoms with Gasteiger partial charge in [0.05, 0.1) is 12.0 Å². The number of rotatable bonds is 11. The Morgan fingerprint density at radius 1 is 1.05 bits per heavy atom. The van der Waals surface area contributed by atoms with Crippen LogP contribution in [0.3, 0.4) is 0 Å². The van der Waals surface area contributed by atoms with Crippen molar-refractivity contribution in [1.29, 1.82) is 0 Å². The predicted molar refractivity (Wildman–Crippen MR) is 153 cm³/mol. The summed E-state index contributed by atoms with van der Waals surface area (Å²) >= 11 is 0. The number of hydrogen-bond donors (Lipinski definition) is 0. The fourth-order valence-electron chi connectivity index (χ4n) is 4.56. The van der Waals surface area contributed by atoms with Crippen LogP contribution in [-0.2, 0) is 14.3 Å². The van der Waals surface area contributed by atoms with E-state index in [-0.39, 0.29) is 12.6 Å². The maximum atomic E-state index is 11.9. The molecule has 0 aliphatic rings. The molecule has 4 aromatic rings. The minimum absolute atomic E-state index is 0.0325. The number of aryl methyl sites for hydroxylation is 3. The molecule has 0 spiro atoms. The Labute approximate surface area is 230 Å². The molecule has 0 aliphatic carbocycles. The average Bonchev–Trinajstić information content (AvgIpc) is 3.54. The van der Waals surface area contributed by atoms with Gasteiger partial charge in [-0.3, -0.25) is 0 Å². The van der Waals surface area contributed by atoms with Crippen LogP contribution in [0, 0.1) is 20.8 Å². The number of anilines is 2. The molecule has 0 fully saturated rings. The van der Waals surface area contributed by atoms with Gasteiger partial charge in [0.1, 0.15) is 18.0 Å². The summed E-state index contributed by atoms with van der Waals surface area (Å²) in [6, 6.07) is 14.9. The first-order valence-electron chi connectivity index (χ1n) is 13.3. The number of nitrogens with zero attached hydrogens (tertiary/aromatic N) is 4. The molecule has 0 radical (unpaired) electrons. The third-order valence-electron chi connectivity index (χ3n) is 6.35. The van der Waals surface area contributed by atoms with Gasteiger partial charge in [-0.15, -0.1) is 0 Å². The van der Waals surface area contributed by atoms with Gasteiger partial charge < -0.3 is 23.5 Å². The van der Waals surface area contributed by atoms with Crippen molar-refractivity contribution in [3.63, 3.8) is 0 Å². The van der Waals surface area contributed by atoms with Gasteiger partial charge >= 0.3 is 5.97 Å². The zero-order valence-corrected chi connectivity index (χ0v) is 23.7. The van der Waals surface area contributed by atoms with Gasteiger partial charge in [-0.25, -0.2) is 9.78 Å². The first-order chi connectivity index (χ1) is 18.6. The lowest BCUT2D eigenvalue weighted by atomic mass is 10.0. The van der Waals surface area contributed by atoms with Crippen LogP contribution in [0.2, 0.25) is 0 Å². The van der Waals surface area contributed by atoms with Crippen molar-refractivity contribution in [1.82, 2.24) is 14.7 Å². The molecule has 4 rings (SSSR count). The molecule has 206 valence electrons. The van der Waals surface area contributed by atoms with E-state index in [0.717, 1.165) is 59.0 Å². The van der Waals surface area contributed by atoms with Gasteiger partial charge in [0.15, 0.2) is 0 Å².